The summed E-state index contributed by atoms with van der Waals surface area (Å²) in [5.74, 6) is -1.45. The quantitative estimate of drug-likeness (QED) is 0.332. The summed E-state index contributed by atoms with van der Waals surface area (Å²) in [6, 6.07) is 22.4. The van der Waals surface area contributed by atoms with Gasteiger partial charge < -0.3 is 14.5 Å². The van der Waals surface area contributed by atoms with E-state index in [1.165, 1.54) is 7.11 Å². The molecule has 0 spiro atoms. The summed E-state index contributed by atoms with van der Waals surface area (Å²) in [4.78, 5) is 42.4. The predicted octanol–water partition coefficient (Wildman–Crippen LogP) is 4.04. The molecule has 0 fully saturated rings. The molecule has 1 amide bonds. The van der Waals surface area contributed by atoms with Crippen LogP contribution >= 0.6 is 0 Å². The highest BCUT2D eigenvalue weighted by molar-refractivity contribution is 6.56. The van der Waals surface area contributed by atoms with Gasteiger partial charge in [0.15, 0.2) is 0 Å². The number of Topliss-reactive ketones (excluding diaryl/α,β-unsaturated/α-hetero) is 1. The number of amides is 1. The Balaban J connectivity index is 1.50. The largest absolute Gasteiger partial charge is 0.465 e. The zero-order chi connectivity index (χ0) is 23.7. The number of nitrogens with zero attached hydrogens (tertiary/aromatic N) is 2. The summed E-state index contributed by atoms with van der Waals surface area (Å²) in [5, 5.41) is 0. The first-order valence-corrected chi connectivity index (χ1v) is 11.3. The number of anilines is 2. The van der Waals surface area contributed by atoms with Gasteiger partial charge in [0, 0.05) is 30.7 Å². The lowest BCUT2D eigenvalue weighted by Gasteiger charge is -2.20. The SMILES string of the molecule is COC(=O)c1ccc2c(c1)CCN2/C=C(/C(=O)C(=O)N1CCc2ccccc21)c1ccccc1. The monoisotopic (exact) mass is 452 g/mol. The summed E-state index contributed by atoms with van der Waals surface area (Å²) in [6.07, 6.45) is 3.23. The Morgan fingerprint density at radius 1 is 0.794 bits per heavy atom. The van der Waals surface area contributed by atoms with Gasteiger partial charge in [-0.2, -0.15) is 0 Å². The minimum Gasteiger partial charge on any atom is -0.465 e. The number of hydrogen-bond donors (Lipinski definition) is 0. The molecule has 3 aromatic carbocycles. The second-order valence-electron chi connectivity index (χ2n) is 8.35. The van der Waals surface area contributed by atoms with Crippen LogP contribution in [-0.4, -0.2) is 37.9 Å². The highest BCUT2D eigenvalue weighted by Gasteiger charge is 2.32. The number of rotatable bonds is 5. The molecule has 0 aromatic heterocycles. The highest BCUT2D eigenvalue weighted by atomic mass is 16.5. The summed E-state index contributed by atoms with van der Waals surface area (Å²) in [7, 11) is 1.36. The topological polar surface area (TPSA) is 66.9 Å². The molecule has 0 saturated carbocycles. The van der Waals surface area contributed by atoms with E-state index in [0.29, 0.717) is 29.8 Å². The fourth-order valence-corrected chi connectivity index (χ4v) is 4.63. The van der Waals surface area contributed by atoms with Crippen molar-refractivity contribution in [2.24, 2.45) is 0 Å². The standard InChI is InChI=1S/C28H24N2O4/c1-34-28(33)22-11-12-24-21(17-22)13-15-29(24)18-23(19-7-3-2-4-8-19)26(31)27(32)30-16-14-20-9-5-6-10-25(20)30/h2-12,17-18H,13-16H2,1H3/b23-18+. The molecule has 5 rings (SSSR count). The molecule has 0 aliphatic carbocycles. The molecule has 2 heterocycles. The van der Waals surface area contributed by atoms with Crippen LogP contribution in [0.3, 0.4) is 0 Å². The maximum Gasteiger partial charge on any atom is 0.337 e. The summed E-state index contributed by atoms with van der Waals surface area (Å²) in [5.41, 5.74) is 5.31. The predicted molar refractivity (Wildman–Crippen MR) is 131 cm³/mol. The first-order valence-electron chi connectivity index (χ1n) is 11.3. The molecule has 6 nitrogen and oxygen atoms in total. The van der Waals surface area contributed by atoms with E-state index in [4.69, 9.17) is 4.74 Å². The van der Waals surface area contributed by atoms with E-state index in [-0.39, 0.29) is 5.97 Å². The van der Waals surface area contributed by atoms with Gasteiger partial charge in [0.1, 0.15) is 0 Å². The van der Waals surface area contributed by atoms with Crippen molar-refractivity contribution in [2.45, 2.75) is 12.8 Å². The Bertz CT molecular complexity index is 1310. The number of ether oxygens (including phenoxy) is 1. The van der Waals surface area contributed by atoms with Crippen molar-refractivity contribution in [3.8, 4) is 0 Å². The second kappa shape index (κ2) is 8.98. The van der Waals surface area contributed by atoms with Crippen molar-refractivity contribution >= 4 is 34.6 Å². The molecule has 34 heavy (non-hydrogen) atoms. The third-order valence-electron chi connectivity index (χ3n) is 6.37. The molecular formula is C28H24N2O4. The molecule has 0 radical (unpaired) electrons. The third-order valence-corrected chi connectivity index (χ3v) is 6.37. The maximum atomic E-state index is 13.6. The van der Waals surface area contributed by atoms with Crippen molar-refractivity contribution < 1.29 is 19.1 Å². The van der Waals surface area contributed by atoms with Gasteiger partial charge in [-0.25, -0.2) is 4.79 Å². The molecule has 0 bridgehead atoms. The Kier molecular flexibility index (Phi) is 5.72. The van der Waals surface area contributed by atoms with Crippen LogP contribution in [-0.2, 0) is 27.2 Å². The number of fused-ring (bicyclic) bond motifs is 2. The summed E-state index contributed by atoms with van der Waals surface area (Å²) in [6.45, 7) is 1.14. The lowest BCUT2D eigenvalue weighted by molar-refractivity contribution is -0.132. The molecule has 0 unspecified atom stereocenters. The van der Waals surface area contributed by atoms with E-state index in [1.807, 2.05) is 71.6 Å². The highest BCUT2D eigenvalue weighted by Crippen LogP contribution is 2.32. The molecule has 2 aliphatic rings. The fraction of sp³-hybridized carbons (Fsp3) is 0.179. The first kappa shape index (κ1) is 21.6. The molecule has 0 N–H and O–H groups in total. The summed E-state index contributed by atoms with van der Waals surface area (Å²) >= 11 is 0. The van der Waals surface area contributed by atoms with Gasteiger partial charge in [-0.3, -0.25) is 9.59 Å². The average molecular weight is 453 g/mol. The molecule has 2 aliphatic heterocycles. The van der Waals surface area contributed by atoms with Crippen LogP contribution in [0.5, 0.6) is 0 Å². The van der Waals surface area contributed by atoms with Crippen molar-refractivity contribution in [1.29, 1.82) is 0 Å². The van der Waals surface area contributed by atoms with E-state index in [2.05, 4.69) is 0 Å². The molecular weight excluding hydrogens is 428 g/mol. The fourth-order valence-electron chi connectivity index (χ4n) is 4.63. The lowest BCUT2D eigenvalue weighted by atomic mass is 10.0. The zero-order valence-electron chi connectivity index (χ0n) is 18.9. The Morgan fingerprint density at radius 2 is 1.53 bits per heavy atom. The van der Waals surface area contributed by atoms with E-state index >= 15 is 0 Å². The van der Waals surface area contributed by atoms with Gasteiger partial charge in [-0.15, -0.1) is 0 Å². The Morgan fingerprint density at radius 3 is 2.32 bits per heavy atom. The number of para-hydroxylation sites is 1. The van der Waals surface area contributed by atoms with Gasteiger partial charge in [-0.05, 0) is 53.8 Å². The number of methoxy groups -OCH3 is 1. The minimum atomic E-state index is -0.539. The van der Waals surface area contributed by atoms with Crippen molar-refractivity contribution in [1.82, 2.24) is 0 Å². The van der Waals surface area contributed by atoms with Crippen molar-refractivity contribution in [3.63, 3.8) is 0 Å². The van der Waals surface area contributed by atoms with Gasteiger partial charge in [0.05, 0.1) is 18.2 Å². The van der Waals surface area contributed by atoms with E-state index in [9.17, 15) is 14.4 Å². The van der Waals surface area contributed by atoms with Crippen LogP contribution in [0, 0.1) is 0 Å². The number of ketones is 1. The van der Waals surface area contributed by atoms with Gasteiger partial charge >= 0.3 is 5.97 Å². The van der Waals surface area contributed by atoms with Crippen molar-refractivity contribution in [3.05, 3.63) is 101 Å². The molecule has 0 saturated heterocycles. The van der Waals surface area contributed by atoms with E-state index in [1.54, 1.807) is 17.2 Å². The summed E-state index contributed by atoms with van der Waals surface area (Å²) < 4.78 is 4.83. The normalized spacial score (nSPS) is 14.6. The number of carbonyl (C=O) groups is 3. The second-order valence-corrected chi connectivity index (χ2v) is 8.35. The molecule has 170 valence electrons. The minimum absolute atomic E-state index is 0.347. The van der Waals surface area contributed by atoms with Crippen LogP contribution < -0.4 is 9.80 Å². The first-order chi connectivity index (χ1) is 16.6. The Labute approximate surface area is 198 Å². The van der Waals surface area contributed by atoms with Crippen molar-refractivity contribution in [2.75, 3.05) is 30.0 Å². The molecule has 6 heteroatoms. The third kappa shape index (κ3) is 3.88. The number of carbonyl (C=O) groups excluding carboxylic acids is 3. The number of benzene rings is 3. The van der Waals surface area contributed by atoms with Gasteiger partial charge in [0.2, 0.25) is 0 Å². The van der Waals surface area contributed by atoms with Crippen LogP contribution in [0.15, 0.2) is 79.0 Å². The van der Waals surface area contributed by atoms with Crippen LogP contribution in [0.2, 0.25) is 0 Å². The number of esters is 1. The average Bonchev–Trinajstić information content (AvgIpc) is 3.50. The van der Waals surface area contributed by atoms with Gasteiger partial charge in [0.25, 0.3) is 11.7 Å². The maximum absolute atomic E-state index is 13.6. The van der Waals surface area contributed by atoms with Crippen LogP contribution in [0.1, 0.15) is 27.0 Å². The van der Waals surface area contributed by atoms with Gasteiger partial charge in [-0.1, -0.05) is 48.5 Å². The van der Waals surface area contributed by atoms with E-state index in [0.717, 1.165) is 35.3 Å². The smallest absolute Gasteiger partial charge is 0.337 e. The molecule has 3 aromatic rings. The van der Waals surface area contributed by atoms with Crippen LogP contribution in [0.25, 0.3) is 5.57 Å². The number of hydrogen-bond acceptors (Lipinski definition) is 5. The molecule has 0 atom stereocenters. The Hall–Kier alpha value is -4.19. The van der Waals surface area contributed by atoms with Crippen LogP contribution in [0.4, 0.5) is 11.4 Å². The zero-order valence-corrected chi connectivity index (χ0v) is 18.9. The lowest BCUT2D eigenvalue weighted by Crippen LogP contribution is -2.36. The van der Waals surface area contributed by atoms with E-state index < -0.39 is 11.7 Å².